The van der Waals surface area contributed by atoms with Crippen LogP contribution in [-0.2, 0) is 20.0 Å². The number of nitrogens with one attached hydrogen (secondary N) is 2. The highest BCUT2D eigenvalue weighted by atomic mass is 32.2. The van der Waals surface area contributed by atoms with Crippen molar-refractivity contribution in [3.8, 4) is 0 Å². The van der Waals surface area contributed by atoms with E-state index in [4.69, 9.17) is 5.14 Å². The fourth-order valence-electron chi connectivity index (χ4n) is 1.49. The lowest BCUT2D eigenvalue weighted by atomic mass is 10.4. The second-order valence-corrected chi connectivity index (χ2v) is 7.31. The van der Waals surface area contributed by atoms with Crippen LogP contribution >= 0.6 is 0 Å². The number of benzene rings is 1. The SMILES string of the molecule is Cc1cc(NS(=O)(=O)c2cccc(S(N)(=O)=O)c2)n[nH]1. The van der Waals surface area contributed by atoms with Crippen molar-refractivity contribution in [3.05, 3.63) is 36.0 Å². The number of nitrogens with two attached hydrogens (primary N) is 1. The molecule has 1 heterocycles. The number of nitrogens with zero attached hydrogens (tertiary/aromatic N) is 1. The third-order valence-corrected chi connectivity index (χ3v) is 4.65. The Bertz CT molecular complexity index is 840. The van der Waals surface area contributed by atoms with Gasteiger partial charge in [0.15, 0.2) is 5.82 Å². The third-order valence-electron chi connectivity index (χ3n) is 2.39. The van der Waals surface area contributed by atoms with Gasteiger partial charge in [-0.25, -0.2) is 22.0 Å². The van der Waals surface area contributed by atoms with Crippen LogP contribution in [0.15, 0.2) is 40.1 Å². The molecule has 0 saturated heterocycles. The number of hydrogen-bond acceptors (Lipinski definition) is 5. The molecule has 0 aliphatic heterocycles. The number of primary sulfonamides is 1. The molecule has 0 radical (unpaired) electrons. The van der Waals surface area contributed by atoms with E-state index in [1.54, 1.807) is 6.92 Å². The van der Waals surface area contributed by atoms with Crippen LogP contribution in [0.2, 0.25) is 0 Å². The maximum atomic E-state index is 12.1. The third kappa shape index (κ3) is 3.15. The molecule has 1 aromatic heterocycles. The molecule has 0 atom stereocenters. The molecule has 1 aromatic carbocycles. The minimum Gasteiger partial charge on any atom is -0.281 e. The number of aromatic amines is 1. The Kier molecular flexibility index (Phi) is 3.54. The first-order chi connectivity index (χ1) is 9.18. The van der Waals surface area contributed by atoms with Gasteiger partial charge in [-0.15, -0.1) is 0 Å². The average Bonchev–Trinajstić information content (AvgIpc) is 2.73. The van der Waals surface area contributed by atoms with Crippen LogP contribution in [-0.4, -0.2) is 27.0 Å². The summed E-state index contributed by atoms with van der Waals surface area (Å²) in [5.41, 5.74) is 0.681. The van der Waals surface area contributed by atoms with Crippen LogP contribution in [0.3, 0.4) is 0 Å². The van der Waals surface area contributed by atoms with Crippen molar-refractivity contribution in [2.45, 2.75) is 16.7 Å². The second-order valence-electron chi connectivity index (χ2n) is 4.06. The summed E-state index contributed by atoms with van der Waals surface area (Å²) in [6, 6.07) is 6.26. The molecule has 20 heavy (non-hydrogen) atoms. The van der Waals surface area contributed by atoms with Gasteiger partial charge in [0.25, 0.3) is 10.0 Å². The number of aromatic nitrogens is 2. The van der Waals surface area contributed by atoms with Crippen molar-refractivity contribution in [2.24, 2.45) is 5.14 Å². The molecule has 0 unspecified atom stereocenters. The van der Waals surface area contributed by atoms with Gasteiger partial charge in [-0.1, -0.05) is 6.07 Å². The van der Waals surface area contributed by atoms with Crippen LogP contribution < -0.4 is 9.86 Å². The fraction of sp³-hybridized carbons (Fsp3) is 0.100. The lowest BCUT2D eigenvalue weighted by Gasteiger charge is -2.06. The van der Waals surface area contributed by atoms with E-state index in [0.29, 0.717) is 5.69 Å². The van der Waals surface area contributed by atoms with Crippen molar-refractivity contribution >= 4 is 25.9 Å². The van der Waals surface area contributed by atoms with Crippen molar-refractivity contribution in [1.29, 1.82) is 0 Å². The van der Waals surface area contributed by atoms with E-state index in [2.05, 4.69) is 14.9 Å². The molecule has 108 valence electrons. The van der Waals surface area contributed by atoms with E-state index >= 15 is 0 Å². The van der Waals surface area contributed by atoms with Gasteiger partial charge in [0.05, 0.1) is 9.79 Å². The topological polar surface area (TPSA) is 135 Å². The highest BCUT2D eigenvalue weighted by Crippen LogP contribution is 2.17. The maximum Gasteiger partial charge on any atom is 0.263 e. The summed E-state index contributed by atoms with van der Waals surface area (Å²) in [4.78, 5) is -0.497. The van der Waals surface area contributed by atoms with E-state index in [0.717, 1.165) is 6.07 Å². The van der Waals surface area contributed by atoms with Gasteiger partial charge in [-0.05, 0) is 25.1 Å². The van der Waals surface area contributed by atoms with Crippen LogP contribution in [0.4, 0.5) is 5.82 Å². The van der Waals surface area contributed by atoms with Gasteiger partial charge in [-0.3, -0.25) is 9.82 Å². The summed E-state index contributed by atoms with van der Waals surface area (Å²) in [5, 5.41) is 11.3. The van der Waals surface area contributed by atoms with Crippen LogP contribution in [0.25, 0.3) is 0 Å². The number of H-pyrrole nitrogens is 1. The van der Waals surface area contributed by atoms with Gasteiger partial charge < -0.3 is 0 Å². The molecule has 0 amide bonds. The van der Waals surface area contributed by atoms with Crippen molar-refractivity contribution in [3.63, 3.8) is 0 Å². The Morgan fingerprint density at radius 1 is 1.15 bits per heavy atom. The lowest BCUT2D eigenvalue weighted by Crippen LogP contribution is -2.16. The smallest absolute Gasteiger partial charge is 0.263 e. The average molecular weight is 316 g/mol. The zero-order valence-corrected chi connectivity index (χ0v) is 12.0. The molecule has 0 aliphatic carbocycles. The molecule has 10 heteroatoms. The molecule has 8 nitrogen and oxygen atoms in total. The summed E-state index contributed by atoms with van der Waals surface area (Å²) >= 11 is 0. The van der Waals surface area contributed by atoms with Gasteiger partial charge in [0, 0.05) is 11.8 Å². The standard InChI is InChI=1S/C10H12N4O4S2/c1-7-5-10(13-12-7)14-20(17,18)9-4-2-3-8(6-9)19(11,15)16/h2-6H,1H3,(H2,11,15,16)(H2,12,13,14). The van der Waals surface area contributed by atoms with E-state index in [9.17, 15) is 16.8 Å². The monoisotopic (exact) mass is 316 g/mol. The normalized spacial score (nSPS) is 12.3. The Labute approximate surface area is 116 Å². The van der Waals surface area contributed by atoms with E-state index in [1.807, 2.05) is 0 Å². The Hall–Kier alpha value is -1.91. The van der Waals surface area contributed by atoms with Gasteiger partial charge in [0.2, 0.25) is 10.0 Å². The maximum absolute atomic E-state index is 12.1. The fourth-order valence-corrected chi connectivity index (χ4v) is 3.16. The molecule has 4 N–H and O–H groups in total. The first-order valence-electron chi connectivity index (χ1n) is 5.36. The Morgan fingerprint density at radius 3 is 2.35 bits per heavy atom. The van der Waals surface area contributed by atoms with Crippen LogP contribution in [0, 0.1) is 6.92 Å². The zero-order chi connectivity index (χ0) is 15.0. The highest BCUT2D eigenvalue weighted by Gasteiger charge is 2.18. The van der Waals surface area contributed by atoms with E-state index in [1.165, 1.54) is 24.3 Å². The van der Waals surface area contributed by atoms with Gasteiger partial charge >= 0.3 is 0 Å². The quantitative estimate of drug-likeness (QED) is 0.738. The molecule has 2 aromatic rings. The number of rotatable bonds is 4. The number of aryl methyl sites for hydroxylation is 1. The molecule has 0 spiro atoms. The van der Waals surface area contributed by atoms with E-state index < -0.39 is 20.0 Å². The van der Waals surface area contributed by atoms with Gasteiger partial charge in [-0.2, -0.15) is 5.10 Å². The first kappa shape index (κ1) is 14.5. The van der Waals surface area contributed by atoms with Crippen LogP contribution in [0.5, 0.6) is 0 Å². The zero-order valence-electron chi connectivity index (χ0n) is 10.4. The summed E-state index contributed by atoms with van der Waals surface area (Å²) in [6.45, 7) is 1.71. The highest BCUT2D eigenvalue weighted by molar-refractivity contribution is 7.92. The largest absolute Gasteiger partial charge is 0.281 e. The summed E-state index contributed by atoms with van der Waals surface area (Å²) in [5.74, 6) is 0.114. The molecular weight excluding hydrogens is 304 g/mol. The molecule has 2 rings (SSSR count). The minimum atomic E-state index is -3.97. The lowest BCUT2D eigenvalue weighted by molar-refractivity contribution is 0.597. The summed E-state index contributed by atoms with van der Waals surface area (Å²) in [7, 11) is -7.90. The predicted octanol–water partition coefficient (Wildman–Crippen LogP) is 0.166. The molecule has 0 bridgehead atoms. The minimum absolute atomic E-state index is 0.114. The summed E-state index contributed by atoms with van der Waals surface area (Å²) in [6.07, 6.45) is 0. The first-order valence-corrected chi connectivity index (χ1v) is 8.39. The number of sulfonamides is 2. The van der Waals surface area contributed by atoms with Crippen molar-refractivity contribution in [2.75, 3.05) is 4.72 Å². The second kappa shape index (κ2) is 4.89. The van der Waals surface area contributed by atoms with Crippen molar-refractivity contribution in [1.82, 2.24) is 10.2 Å². The number of hydrogen-bond donors (Lipinski definition) is 3. The predicted molar refractivity (Wildman–Crippen MR) is 71.9 cm³/mol. The van der Waals surface area contributed by atoms with Gasteiger partial charge in [0.1, 0.15) is 0 Å². The van der Waals surface area contributed by atoms with E-state index in [-0.39, 0.29) is 15.6 Å². The molecule has 0 fully saturated rings. The van der Waals surface area contributed by atoms with Crippen molar-refractivity contribution < 1.29 is 16.8 Å². The van der Waals surface area contributed by atoms with Crippen LogP contribution in [0.1, 0.15) is 5.69 Å². The molecular formula is C10H12N4O4S2. The molecule has 0 aliphatic rings. The Morgan fingerprint density at radius 2 is 1.80 bits per heavy atom. The Balaban J connectivity index is 2.40. The molecule has 0 saturated carbocycles. The number of anilines is 1. The summed E-state index contributed by atoms with van der Waals surface area (Å²) < 4.78 is 48.8.